The van der Waals surface area contributed by atoms with Crippen molar-refractivity contribution in [2.45, 2.75) is 52.5 Å². The van der Waals surface area contributed by atoms with Gasteiger partial charge >= 0.3 is 0 Å². The SMILES string of the molecule is Cc1ccc(C)c(Cc2c(C)nc3n2CC(c2cnn(C)c2)CC3)c1. The molecule has 0 N–H and O–H groups in total. The molecule has 1 aromatic carbocycles. The average Bonchev–Trinajstić information content (AvgIpc) is 3.14. The molecule has 3 aromatic rings. The van der Waals surface area contributed by atoms with Crippen molar-refractivity contribution in [2.75, 3.05) is 0 Å². The Morgan fingerprint density at radius 1 is 1.20 bits per heavy atom. The summed E-state index contributed by atoms with van der Waals surface area (Å²) in [5, 5.41) is 4.36. The first kappa shape index (κ1) is 16.1. The second-order valence-corrected chi connectivity index (χ2v) is 7.46. The first-order valence-corrected chi connectivity index (χ1v) is 9.11. The van der Waals surface area contributed by atoms with E-state index in [9.17, 15) is 0 Å². The molecule has 4 heteroatoms. The molecule has 0 aliphatic carbocycles. The van der Waals surface area contributed by atoms with Gasteiger partial charge in [0, 0.05) is 44.2 Å². The lowest BCUT2D eigenvalue weighted by atomic mass is 9.93. The number of aromatic nitrogens is 4. The summed E-state index contributed by atoms with van der Waals surface area (Å²) in [7, 11) is 1.99. The maximum absolute atomic E-state index is 4.87. The predicted octanol–water partition coefficient (Wildman–Crippen LogP) is 3.86. The zero-order valence-corrected chi connectivity index (χ0v) is 15.6. The van der Waals surface area contributed by atoms with Gasteiger partial charge in [-0.1, -0.05) is 23.8 Å². The summed E-state index contributed by atoms with van der Waals surface area (Å²) in [5.41, 5.74) is 8.00. The molecule has 0 saturated heterocycles. The van der Waals surface area contributed by atoms with Crippen LogP contribution >= 0.6 is 0 Å². The minimum atomic E-state index is 0.534. The van der Waals surface area contributed by atoms with Crippen LogP contribution in [0.1, 0.15) is 51.8 Å². The van der Waals surface area contributed by atoms with Gasteiger partial charge in [-0.05, 0) is 43.9 Å². The first-order chi connectivity index (χ1) is 12.0. The Bertz CT molecular complexity index is 916. The third-order valence-corrected chi connectivity index (χ3v) is 5.53. The Morgan fingerprint density at radius 2 is 2.04 bits per heavy atom. The fourth-order valence-corrected chi connectivity index (χ4v) is 4.01. The molecular formula is C21H26N4. The number of nitrogens with zero attached hydrogens (tertiary/aromatic N) is 4. The summed E-state index contributed by atoms with van der Waals surface area (Å²) < 4.78 is 4.37. The van der Waals surface area contributed by atoms with Crippen LogP contribution in [-0.4, -0.2) is 19.3 Å². The van der Waals surface area contributed by atoms with Gasteiger partial charge < -0.3 is 4.57 Å². The summed E-state index contributed by atoms with van der Waals surface area (Å²) in [4.78, 5) is 4.87. The van der Waals surface area contributed by atoms with E-state index in [2.05, 4.69) is 54.8 Å². The minimum Gasteiger partial charge on any atom is -0.331 e. The first-order valence-electron chi connectivity index (χ1n) is 9.11. The van der Waals surface area contributed by atoms with Gasteiger partial charge in [0.1, 0.15) is 5.82 Å². The second kappa shape index (κ2) is 6.17. The van der Waals surface area contributed by atoms with Gasteiger partial charge in [0.15, 0.2) is 0 Å². The van der Waals surface area contributed by atoms with Crippen LogP contribution in [0.3, 0.4) is 0 Å². The zero-order chi connectivity index (χ0) is 17.6. The molecule has 130 valence electrons. The van der Waals surface area contributed by atoms with E-state index in [0.717, 1.165) is 25.8 Å². The maximum Gasteiger partial charge on any atom is 0.109 e. The van der Waals surface area contributed by atoms with E-state index in [1.165, 1.54) is 39.5 Å². The van der Waals surface area contributed by atoms with Crippen molar-refractivity contribution in [3.05, 3.63) is 70.1 Å². The van der Waals surface area contributed by atoms with Crippen LogP contribution in [0, 0.1) is 20.8 Å². The van der Waals surface area contributed by atoms with Crippen molar-refractivity contribution < 1.29 is 0 Å². The van der Waals surface area contributed by atoms with Crippen molar-refractivity contribution in [1.29, 1.82) is 0 Å². The largest absolute Gasteiger partial charge is 0.331 e. The third kappa shape index (κ3) is 3.01. The number of hydrogen-bond donors (Lipinski definition) is 0. The summed E-state index contributed by atoms with van der Waals surface area (Å²) in [6.07, 6.45) is 7.35. The topological polar surface area (TPSA) is 35.6 Å². The zero-order valence-electron chi connectivity index (χ0n) is 15.6. The van der Waals surface area contributed by atoms with E-state index < -0.39 is 0 Å². The van der Waals surface area contributed by atoms with Crippen molar-refractivity contribution in [3.8, 4) is 0 Å². The smallest absolute Gasteiger partial charge is 0.109 e. The van der Waals surface area contributed by atoms with Gasteiger partial charge in [0.25, 0.3) is 0 Å². The second-order valence-electron chi connectivity index (χ2n) is 7.46. The highest BCUT2D eigenvalue weighted by Gasteiger charge is 2.25. The highest BCUT2D eigenvalue weighted by Crippen LogP contribution is 2.31. The molecule has 4 nitrogen and oxygen atoms in total. The van der Waals surface area contributed by atoms with Gasteiger partial charge in [0.2, 0.25) is 0 Å². The molecule has 3 heterocycles. The minimum absolute atomic E-state index is 0.534. The Labute approximate surface area is 149 Å². The fourth-order valence-electron chi connectivity index (χ4n) is 4.01. The Balaban J connectivity index is 1.67. The predicted molar refractivity (Wildman–Crippen MR) is 100.0 cm³/mol. The van der Waals surface area contributed by atoms with Crippen LogP contribution in [-0.2, 0) is 26.4 Å². The van der Waals surface area contributed by atoms with Crippen LogP contribution in [0.15, 0.2) is 30.6 Å². The van der Waals surface area contributed by atoms with Crippen molar-refractivity contribution >= 4 is 0 Å². The lowest BCUT2D eigenvalue weighted by Crippen LogP contribution is -2.20. The molecule has 1 atom stereocenters. The highest BCUT2D eigenvalue weighted by molar-refractivity contribution is 5.35. The van der Waals surface area contributed by atoms with Crippen molar-refractivity contribution in [1.82, 2.24) is 19.3 Å². The van der Waals surface area contributed by atoms with Crippen LogP contribution in [0.4, 0.5) is 0 Å². The van der Waals surface area contributed by atoms with E-state index in [4.69, 9.17) is 4.98 Å². The Hall–Kier alpha value is -2.36. The standard InChI is InChI=1S/C21H26N4/c1-14-5-6-15(2)18(9-14)10-20-16(3)23-21-8-7-17(13-25(20)21)19-11-22-24(4)12-19/h5-6,9,11-12,17H,7-8,10,13H2,1-4H3. The van der Waals surface area contributed by atoms with Crippen LogP contribution in [0.5, 0.6) is 0 Å². The highest BCUT2D eigenvalue weighted by atomic mass is 15.2. The normalized spacial score (nSPS) is 16.9. The number of benzene rings is 1. The molecule has 0 spiro atoms. The molecular weight excluding hydrogens is 308 g/mol. The lowest BCUT2D eigenvalue weighted by molar-refractivity contribution is 0.447. The quantitative estimate of drug-likeness (QED) is 0.729. The van der Waals surface area contributed by atoms with Gasteiger partial charge in [-0.25, -0.2) is 4.98 Å². The van der Waals surface area contributed by atoms with Crippen LogP contribution in [0.2, 0.25) is 0 Å². The summed E-state index contributed by atoms with van der Waals surface area (Å²) in [6, 6.07) is 6.73. The molecule has 1 aliphatic rings. The van der Waals surface area contributed by atoms with E-state index >= 15 is 0 Å². The number of imidazole rings is 1. The molecule has 25 heavy (non-hydrogen) atoms. The monoisotopic (exact) mass is 334 g/mol. The summed E-state index contributed by atoms with van der Waals surface area (Å²) in [5.74, 6) is 1.78. The Kier molecular flexibility index (Phi) is 3.98. The van der Waals surface area contributed by atoms with Gasteiger partial charge in [-0.2, -0.15) is 5.10 Å². The van der Waals surface area contributed by atoms with Gasteiger partial charge in [-0.3, -0.25) is 4.68 Å². The molecule has 1 unspecified atom stereocenters. The van der Waals surface area contributed by atoms with Gasteiger partial charge in [0.05, 0.1) is 11.9 Å². The maximum atomic E-state index is 4.87. The van der Waals surface area contributed by atoms with Gasteiger partial charge in [-0.15, -0.1) is 0 Å². The molecule has 2 aromatic heterocycles. The third-order valence-electron chi connectivity index (χ3n) is 5.53. The van der Waals surface area contributed by atoms with E-state index in [1.807, 2.05) is 17.9 Å². The van der Waals surface area contributed by atoms with E-state index in [-0.39, 0.29) is 0 Å². The van der Waals surface area contributed by atoms with E-state index in [0.29, 0.717) is 5.92 Å². The van der Waals surface area contributed by atoms with Crippen LogP contribution < -0.4 is 0 Å². The number of hydrogen-bond acceptors (Lipinski definition) is 2. The number of aryl methyl sites for hydroxylation is 5. The molecule has 0 fully saturated rings. The summed E-state index contributed by atoms with van der Waals surface area (Å²) >= 11 is 0. The molecule has 1 aliphatic heterocycles. The average molecular weight is 334 g/mol. The lowest BCUT2D eigenvalue weighted by Gasteiger charge is -2.25. The van der Waals surface area contributed by atoms with Crippen molar-refractivity contribution in [2.24, 2.45) is 7.05 Å². The molecule has 4 rings (SSSR count). The molecule has 0 radical (unpaired) electrons. The number of fused-ring (bicyclic) bond motifs is 1. The fraction of sp³-hybridized carbons (Fsp3) is 0.429. The van der Waals surface area contributed by atoms with Crippen molar-refractivity contribution in [3.63, 3.8) is 0 Å². The molecule has 0 saturated carbocycles. The van der Waals surface area contributed by atoms with E-state index in [1.54, 1.807) is 0 Å². The molecule has 0 bridgehead atoms. The van der Waals surface area contributed by atoms with Crippen LogP contribution in [0.25, 0.3) is 0 Å². The Morgan fingerprint density at radius 3 is 2.80 bits per heavy atom. The summed E-state index contributed by atoms with van der Waals surface area (Å²) in [6.45, 7) is 7.54. The number of rotatable bonds is 3. The molecule has 0 amide bonds.